The summed E-state index contributed by atoms with van der Waals surface area (Å²) in [6.07, 6.45) is 0.160. The number of halogens is 4. The maximum Gasteiger partial charge on any atom is 0.283 e. The number of hydrogen-bond acceptors (Lipinski definition) is 3. The smallest absolute Gasteiger partial charge is 0.283 e. The normalized spacial score (nSPS) is 23.9. The van der Waals surface area contributed by atoms with Crippen LogP contribution in [0.15, 0.2) is 30.5 Å². The lowest BCUT2D eigenvalue weighted by molar-refractivity contribution is -0.110. The van der Waals surface area contributed by atoms with E-state index in [0.717, 1.165) is 0 Å². The van der Waals surface area contributed by atoms with Crippen LogP contribution in [0.1, 0.15) is 6.04 Å². The molecule has 3 heterocycles. The summed E-state index contributed by atoms with van der Waals surface area (Å²) in [5.41, 5.74) is 0.886. The van der Waals surface area contributed by atoms with Gasteiger partial charge in [0.25, 0.3) is 5.92 Å². The van der Waals surface area contributed by atoms with E-state index < -0.39 is 24.6 Å². The summed E-state index contributed by atoms with van der Waals surface area (Å²) in [6, 6.07) is 5.24. The second-order valence-corrected chi connectivity index (χ2v) is 6.83. The van der Waals surface area contributed by atoms with Gasteiger partial charge in [-0.3, -0.25) is 0 Å². The predicted octanol–water partition coefficient (Wildman–Crippen LogP) is 3.64. The quantitative estimate of drug-likeness (QED) is 0.686. The zero-order valence-electron chi connectivity index (χ0n) is 12.3. The van der Waals surface area contributed by atoms with Crippen LogP contribution in [0.5, 0.6) is 0 Å². The molecule has 8 heteroatoms. The third-order valence-electron chi connectivity index (χ3n) is 4.36. The molecular formula is C16H13Cl2F2N3O. The minimum atomic E-state index is -3.13. The van der Waals surface area contributed by atoms with E-state index in [-0.39, 0.29) is 6.54 Å². The number of aliphatic hydroxyl groups is 1. The first-order valence-corrected chi connectivity index (χ1v) is 8.15. The van der Waals surface area contributed by atoms with Gasteiger partial charge in [-0.15, -0.1) is 0 Å². The van der Waals surface area contributed by atoms with Crippen molar-refractivity contribution >= 4 is 45.1 Å². The topological polar surface area (TPSA) is 50.1 Å². The Morgan fingerprint density at radius 1 is 1.21 bits per heavy atom. The van der Waals surface area contributed by atoms with Gasteiger partial charge >= 0.3 is 0 Å². The standard InChI is InChI=1S/C16H13Cl2F2N3O/c17-8-1-2-12-10(3-8)11-4-9(18)5-22-15(11)23(12)14-13(24)6-21-7-16(14,19)20/h1-5,13-14,21,24H,6-7H2/t13-,14+/m0/s1. The van der Waals surface area contributed by atoms with Gasteiger partial charge < -0.3 is 15.0 Å². The van der Waals surface area contributed by atoms with E-state index in [1.54, 1.807) is 24.3 Å². The maximum atomic E-state index is 14.6. The number of rotatable bonds is 1. The third kappa shape index (κ3) is 2.37. The molecule has 0 radical (unpaired) electrons. The molecule has 0 amide bonds. The highest BCUT2D eigenvalue weighted by Crippen LogP contribution is 2.41. The summed E-state index contributed by atoms with van der Waals surface area (Å²) in [5, 5.41) is 15.0. The second kappa shape index (κ2) is 5.52. The molecule has 0 bridgehead atoms. The molecule has 24 heavy (non-hydrogen) atoms. The van der Waals surface area contributed by atoms with Gasteiger partial charge in [-0.05, 0) is 24.3 Å². The number of aliphatic hydroxyl groups excluding tert-OH is 1. The Balaban J connectivity index is 2.10. The molecule has 3 aromatic rings. The molecule has 1 aliphatic rings. The third-order valence-corrected chi connectivity index (χ3v) is 4.80. The number of nitrogens with one attached hydrogen (secondary N) is 1. The average molecular weight is 372 g/mol. The minimum Gasteiger partial charge on any atom is -0.389 e. The molecule has 1 saturated heterocycles. The van der Waals surface area contributed by atoms with Crippen LogP contribution in [-0.4, -0.2) is 39.8 Å². The summed E-state index contributed by atoms with van der Waals surface area (Å²) < 4.78 is 30.6. The molecule has 0 spiro atoms. The summed E-state index contributed by atoms with van der Waals surface area (Å²) in [6.45, 7) is -0.417. The number of aromatic nitrogens is 2. The monoisotopic (exact) mass is 371 g/mol. The molecule has 2 aromatic heterocycles. The average Bonchev–Trinajstić information content (AvgIpc) is 2.80. The molecule has 1 aromatic carbocycles. The molecule has 4 nitrogen and oxygen atoms in total. The maximum absolute atomic E-state index is 14.6. The van der Waals surface area contributed by atoms with Crippen molar-refractivity contribution in [2.24, 2.45) is 0 Å². The largest absolute Gasteiger partial charge is 0.389 e. The fourth-order valence-electron chi connectivity index (χ4n) is 3.40. The first-order chi connectivity index (χ1) is 11.4. The highest BCUT2D eigenvalue weighted by molar-refractivity contribution is 6.33. The molecule has 0 saturated carbocycles. The number of fused-ring (bicyclic) bond motifs is 3. The van der Waals surface area contributed by atoms with Gasteiger partial charge in [-0.2, -0.15) is 0 Å². The number of nitrogens with zero attached hydrogens (tertiary/aromatic N) is 2. The van der Waals surface area contributed by atoms with E-state index in [0.29, 0.717) is 32.0 Å². The van der Waals surface area contributed by atoms with Crippen molar-refractivity contribution in [2.75, 3.05) is 13.1 Å². The predicted molar refractivity (Wildman–Crippen MR) is 90.1 cm³/mol. The lowest BCUT2D eigenvalue weighted by Gasteiger charge is -2.37. The highest BCUT2D eigenvalue weighted by atomic mass is 35.5. The van der Waals surface area contributed by atoms with Gasteiger partial charge in [0.05, 0.1) is 23.2 Å². The summed E-state index contributed by atoms with van der Waals surface area (Å²) >= 11 is 12.1. The van der Waals surface area contributed by atoms with E-state index in [1.807, 2.05) is 0 Å². The van der Waals surface area contributed by atoms with Crippen molar-refractivity contribution in [1.82, 2.24) is 14.9 Å². The van der Waals surface area contributed by atoms with Gasteiger partial charge in [0, 0.05) is 28.5 Å². The van der Waals surface area contributed by atoms with Gasteiger partial charge in [-0.1, -0.05) is 23.2 Å². The minimum absolute atomic E-state index is 0.0859. The SMILES string of the molecule is O[C@H]1CNCC(F)(F)[C@@H]1n1c2ccc(Cl)cc2c2cc(Cl)cnc21. The van der Waals surface area contributed by atoms with Crippen LogP contribution in [0.4, 0.5) is 8.78 Å². The van der Waals surface area contributed by atoms with Crippen molar-refractivity contribution < 1.29 is 13.9 Å². The first kappa shape index (κ1) is 16.0. The number of hydrogen-bond donors (Lipinski definition) is 2. The molecule has 4 rings (SSSR count). The van der Waals surface area contributed by atoms with E-state index in [9.17, 15) is 13.9 Å². The van der Waals surface area contributed by atoms with E-state index in [4.69, 9.17) is 23.2 Å². The Morgan fingerprint density at radius 3 is 2.71 bits per heavy atom. The van der Waals surface area contributed by atoms with Crippen LogP contribution >= 0.6 is 23.2 Å². The number of pyridine rings is 1. The summed E-state index contributed by atoms with van der Waals surface area (Å²) in [7, 11) is 0. The van der Waals surface area contributed by atoms with Crippen LogP contribution in [0.3, 0.4) is 0 Å². The molecule has 0 aliphatic carbocycles. The Kier molecular flexibility index (Phi) is 3.69. The lowest BCUT2D eigenvalue weighted by Crippen LogP contribution is -2.54. The Bertz CT molecular complexity index is 885. The molecule has 126 valence electrons. The van der Waals surface area contributed by atoms with Crippen molar-refractivity contribution in [3.8, 4) is 0 Å². The Hall–Kier alpha value is -1.47. The van der Waals surface area contributed by atoms with Gasteiger partial charge in [0.2, 0.25) is 0 Å². The van der Waals surface area contributed by atoms with Crippen molar-refractivity contribution in [2.45, 2.75) is 18.1 Å². The zero-order valence-corrected chi connectivity index (χ0v) is 13.8. The number of piperidine rings is 1. The molecular weight excluding hydrogens is 359 g/mol. The number of β-amino-alcohol motifs (C(OH)–C–C–N with tert-alkyl or cyclic N) is 1. The first-order valence-electron chi connectivity index (χ1n) is 7.40. The van der Waals surface area contributed by atoms with Gasteiger partial charge in [-0.25, -0.2) is 13.8 Å². The van der Waals surface area contributed by atoms with Crippen LogP contribution < -0.4 is 5.32 Å². The fourth-order valence-corrected chi connectivity index (χ4v) is 3.73. The van der Waals surface area contributed by atoms with Gasteiger partial charge in [0.1, 0.15) is 11.7 Å². The molecule has 1 fully saturated rings. The lowest BCUT2D eigenvalue weighted by atomic mass is 9.99. The summed E-state index contributed by atoms with van der Waals surface area (Å²) in [4.78, 5) is 4.25. The highest BCUT2D eigenvalue weighted by Gasteiger charge is 2.49. The van der Waals surface area contributed by atoms with E-state index >= 15 is 0 Å². The van der Waals surface area contributed by atoms with Crippen molar-refractivity contribution in [3.63, 3.8) is 0 Å². The van der Waals surface area contributed by atoms with Crippen LogP contribution in [-0.2, 0) is 0 Å². The summed E-state index contributed by atoms with van der Waals surface area (Å²) in [5.74, 6) is -3.13. The van der Waals surface area contributed by atoms with Crippen LogP contribution in [0.2, 0.25) is 10.0 Å². The van der Waals surface area contributed by atoms with E-state index in [1.165, 1.54) is 10.8 Å². The number of alkyl halides is 2. The Labute approximate surface area is 146 Å². The van der Waals surface area contributed by atoms with Gasteiger partial charge in [0.15, 0.2) is 0 Å². The Morgan fingerprint density at radius 2 is 1.96 bits per heavy atom. The number of benzene rings is 1. The second-order valence-electron chi connectivity index (χ2n) is 5.96. The zero-order chi connectivity index (χ0) is 17.1. The fraction of sp³-hybridized carbons (Fsp3) is 0.312. The molecule has 2 atom stereocenters. The molecule has 2 N–H and O–H groups in total. The van der Waals surface area contributed by atoms with Crippen LogP contribution in [0.25, 0.3) is 21.9 Å². The van der Waals surface area contributed by atoms with Crippen molar-refractivity contribution in [1.29, 1.82) is 0 Å². The van der Waals surface area contributed by atoms with Crippen molar-refractivity contribution in [3.05, 3.63) is 40.5 Å². The molecule has 1 aliphatic heterocycles. The van der Waals surface area contributed by atoms with E-state index in [2.05, 4.69) is 10.3 Å². The molecule has 0 unspecified atom stereocenters. The van der Waals surface area contributed by atoms with Crippen LogP contribution in [0, 0.1) is 0 Å².